The number of benzene rings is 10. The van der Waals surface area contributed by atoms with E-state index in [2.05, 4.69) is 0 Å². The molecule has 0 fully saturated rings. The van der Waals surface area contributed by atoms with Gasteiger partial charge in [0.15, 0.2) is 152 Å². The molecule has 0 aliphatic heterocycles. The lowest BCUT2D eigenvalue weighted by atomic mass is 10.0. The average Bonchev–Trinajstić information content (AvgIpc) is 0.852. The minimum absolute atomic E-state index is 0. The van der Waals surface area contributed by atoms with Gasteiger partial charge in [0.25, 0.3) is 32.4 Å². The number of hydrogen-bond donors (Lipinski definition) is 4. The van der Waals surface area contributed by atoms with Crippen LogP contribution in [0.1, 0.15) is 59.7 Å². The van der Waals surface area contributed by atoms with E-state index in [4.69, 9.17) is 118 Å². The van der Waals surface area contributed by atoms with Gasteiger partial charge in [0, 0.05) is 11.1 Å². The molecule has 0 saturated heterocycles. The Morgan fingerprint density at radius 2 is 0.523 bits per heavy atom. The molecule has 10 aromatic rings. The first-order valence-corrected chi connectivity index (χ1v) is 39.1. The summed E-state index contributed by atoms with van der Waals surface area (Å²) in [4.78, 5) is 54.1. The van der Waals surface area contributed by atoms with Crippen molar-refractivity contribution >= 4 is 38.4 Å². The number of aliphatic hydroxyl groups excluding tert-OH is 4. The second-order valence-corrected chi connectivity index (χ2v) is 26.0. The molecule has 0 spiro atoms. The van der Waals surface area contributed by atoms with Gasteiger partial charge in [-0.3, -0.25) is 24.0 Å². The number of ether oxygens (including phenoxy) is 25. The summed E-state index contributed by atoms with van der Waals surface area (Å²) in [6, 6.07) is 60.8. The van der Waals surface area contributed by atoms with Crippen molar-refractivity contribution in [2.75, 3.05) is 140 Å². The molecule has 0 heterocycles. The summed E-state index contributed by atoms with van der Waals surface area (Å²) in [7, 11) is 22.9. The molecule has 0 amide bonds. The number of para-hydroxylation sites is 10. The number of aliphatic hydroxyl groups is 4. The van der Waals surface area contributed by atoms with Gasteiger partial charge in [-0.05, 0) is 144 Å². The summed E-state index contributed by atoms with van der Waals surface area (Å²) in [6.07, 6.45) is -5.55. The molecule has 0 saturated carbocycles. The first-order chi connectivity index (χ1) is 62.8. The van der Waals surface area contributed by atoms with Gasteiger partial charge in [0.1, 0.15) is 37.8 Å². The van der Waals surface area contributed by atoms with Gasteiger partial charge in [0.2, 0.25) is 0 Å². The van der Waals surface area contributed by atoms with Crippen molar-refractivity contribution in [2.45, 2.75) is 56.3 Å². The molecule has 4 N–H and O–H groups in total. The van der Waals surface area contributed by atoms with Crippen molar-refractivity contribution in [3.63, 3.8) is 0 Å². The van der Waals surface area contributed by atoms with Gasteiger partial charge in [-0.15, -0.1) is 0 Å². The second-order valence-electron chi connectivity index (χ2n) is 26.0. The molecule has 8 unspecified atom stereocenters. The fourth-order valence-corrected chi connectivity index (χ4v) is 12.2. The minimum atomic E-state index is -1.08. The van der Waals surface area contributed by atoms with Crippen LogP contribution in [0.4, 0.5) is 0 Å². The molecule has 34 nitrogen and oxygen atoms in total. The van der Waals surface area contributed by atoms with Gasteiger partial charge in [0.05, 0.1) is 120 Å². The van der Waals surface area contributed by atoms with Crippen LogP contribution in [-0.4, -0.2) is 217 Å². The third-order valence-corrected chi connectivity index (χ3v) is 18.5. The number of carbonyl (C=O) groups excluding carboxylic acids is 5. The maximum atomic E-state index is 11.2. The van der Waals surface area contributed by atoms with Crippen molar-refractivity contribution in [3.05, 3.63) is 246 Å². The molecule has 130 heavy (non-hydrogen) atoms. The highest BCUT2D eigenvalue weighted by Crippen LogP contribution is 2.41. The van der Waals surface area contributed by atoms with Crippen LogP contribution < -0.4 is 94.7 Å². The molecule has 10 aromatic carbocycles. The van der Waals surface area contributed by atoms with Gasteiger partial charge >= 0.3 is 0 Å². The third-order valence-electron chi connectivity index (χ3n) is 18.5. The molecule has 0 radical (unpaired) electrons. The fraction of sp³-hybridized carbons (Fsp3) is 0.302. The highest BCUT2D eigenvalue weighted by molar-refractivity contribution is 5.59. The van der Waals surface area contributed by atoms with Crippen LogP contribution in [0.5, 0.6) is 115 Å². The van der Waals surface area contributed by atoms with Crippen LogP contribution in [0.15, 0.2) is 218 Å². The van der Waals surface area contributed by atoms with E-state index in [0.717, 1.165) is 5.56 Å². The van der Waals surface area contributed by atoms with Crippen LogP contribution >= 0.6 is 0 Å². The highest BCUT2D eigenvalue weighted by atomic mass is 16.6. The lowest BCUT2D eigenvalue weighted by molar-refractivity contribution is -0.144. The van der Waals surface area contributed by atoms with E-state index in [1.54, 1.807) is 215 Å². The summed E-state index contributed by atoms with van der Waals surface area (Å²) in [5, 5.41) is 40.8. The Morgan fingerprint density at radius 1 is 0.269 bits per heavy atom. The maximum absolute atomic E-state index is 11.2. The van der Waals surface area contributed by atoms with Crippen LogP contribution in [0.25, 0.3) is 6.08 Å². The molecule has 10 rings (SSSR count). The summed E-state index contributed by atoms with van der Waals surface area (Å²) >= 11 is 0. The van der Waals surface area contributed by atoms with Crippen molar-refractivity contribution in [3.8, 4) is 115 Å². The van der Waals surface area contributed by atoms with Crippen LogP contribution in [0, 0.1) is 0 Å². The van der Waals surface area contributed by atoms with Crippen molar-refractivity contribution in [1.29, 1.82) is 0 Å². The SMILES string of the molecule is C.COc1ccc(/C=C(/COC=O)Oc2ccccc2OC)cc1OC.COc1ccc(C(O)C(CO)Oc2ccccc2OC)cc1OC.COc1ccc(C(O)C(COC=O)Oc2ccccc2OC)cc1OC.COc1ccc(C(OC=O)C(CO)Oc2ccccc2OC)cc1OC.COc1ccc(C(OC=O)C(COC=O)Oc2ccccc2OC)cc1OC. The number of hydrogen-bond acceptors (Lipinski definition) is 34. The monoisotopic (exact) mass is 1810 g/mol. The van der Waals surface area contributed by atoms with Crippen molar-refractivity contribution < 1.29 is 163 Å². The van der Waals surface area contributed by atoms with Crippen molar-refractivity contribution in [1.82, 2.24) is 0 Å². The van der Waals surface area contributed by atoms with E-state index < -0.39 is 48.8 Å². The number of methoxy groups -OCH3 is 15. The average molecular weight is 1810 g/mol. The van der Waals surface area contributed by atoms with E-state index in [1.807, 2.05) is 24.3 Å². The molecule has 0 aliphatic rings. The fourth-order valence-electron chi connectivity index (χ4n) is 12.2. The zero-order valence-corrected chi connectivity index (χ0v) is 73.9. The minimum Gasteiger partial charge on any atom is -0.493 e. The van der Waals surface area contributed by atoms with Gasteiger partial charge in [-0.25, -0.2) is 0 Å². The third kappa shape index (κ3) is 31.3. The molecule has 34 heteroatoms. The largest absolute Gasteiger partial charge is 0.493 e. The quantitative estimate of drug-likeness (QED) is 0.0156. The maximum Gasteiger partial charge on any atom is 0.293 e. The Morgan fingerprint density at radius 3 is 0.854 bits per heavy atom. The molecular formula is C96H112O34. The molecular weight excluding hydrogens is 1700 g/mol. The van der Waals surface area contributed by atoms with E-state index >= 15 is 0 Å². The molecule has 8 atom stereocenters. The number of rotatable bonds is 49. The molecule has 700 valence electrons. The Hall–Kier alpha value is -14.9. The van der Waals surface area contributed by atoms with Gasteiger partial charge in [-0.1, -0.05) is 98.4 Å². The van der Waals surface area contributed by atoms with E-state index in [9.17, 15) is 44.4 Å². The van der Waals surface area contributed by atoms with E-state index in [-0.39, 0.29) is 40.5 Å². The summed E-state index contributed by atoms with van der Waals surface area (Å²) in [5.74, 6) is 10.5. The van der Waals surface area contributed by atoms with Crippen LogP contribution in [0.2, 0.25) is 0 Å². The smallest absolute Gasteiger partial charge is 0.293 e. The lowest BCUT2D eigenvalue weighted by Gasteiger charge is -2.27. The van der Waals surface area contributed by atoms with Gasteiger partial charge < -0.3 is 139 Å². The topological polar surface area (TPSA) is 397 Å². The second kappa shape index (κ2) is 58.4. The zero-order valence-electron chi connectivity index (χ0n) is 73.9. The lowest BCUT2D eigenvalue weighted by Crippen LogP contribution is -2.32. The predicted octanol–water partition coefficient (Wildman–Crippen LogP) is 13.4. The summed E-state index contributed by atoms with van der Waals surface area (Å²) in [6.45, 7) is 0.523. The predicted molar refractivity (Wildman–Crippen MR) is 476 cm³/mol. The Balaban J connectivity index is 0.000000287. The summed E-state index contributed by atoms with van der Waals surface area (Å²) in [5.41, 5.74) is 3.03. The highest BCUT2D eigenvalue weighted by Gasteiger charge is 2.33. The first kappa shape index (κ1) is 106. The summed E-state index contributed by atoms with van der Waals surface area (Å²) < 4.78 is 133. The normalized spacial score (nSPS) is 12.2. The molecule has 0 bridgehead atoms. The standard InChI is InChI=1S/C20H22O8.2C19H22O7.C19H20O6.C18H22O6.CH4/c1-23-15-6-4-5-7-17(15)28-19(11-26-12-21)20(27-13-22)14-8-9-16(24-2)18(10-14)25-3;1-22-14-6-4-5-7-16(14)26-18(11-25-12-20)19(21)13-8-9-15(23-2)17(10-13)24-3;1-22-14-6-4-5-7-16(14)26-18(11-20)19(25-12-21)13-8-9-15(23-2)17(10-13)24-3;1-21-16-6-4-5-7-18(16)25-15(12-24-13-20)10-14-8-9-17(22-2)19(11-14)23-3;1-21-13-6-4-5-7-15(13)24-17(11-19)18(20)12-8-9-14(22-2)16(10-12)23-3;/h4-10,12-13,19-20H,11H2,1-3H3;4-10,12,18-19,21H,11H2,1-3H3;4-10,12,18-20H,11H2,1-3H3;4-11,13H,12H2,1-3H3;4-10,17-20H,11H2,1-3H3;1H4/b;;;15-10-;;. The van der Waals surface area contributed by atoms with Crippen LogP contribution in [0.3, 0.4) is 0 Å². The Bertz CT molecular complexity index is 5000. The Kier molecular flexibility index (Phi) is 47.5. The first-order valence-electron chi connectivity index (χ1n) is 39.1. The van der Waals surface area contributed by atoms with Gasteiger partial charge in [-0.2, -0.15) is 0 Å². The molecule has 0 aromatic heterocycles. The Labute approximate surface area is 754 Å². The van der Waals surface area contributed by atoms with Crippen molar-refractivity contribution in [2.24, 2.45) is 0 Å². The van der Waals surface area contributed by atoms with Crippen LogP contribution in [-0.2, 0) is 47.7 Å². The van der Waals surface area contributed by atoms with E-state index in [1.165, 1.54) is 85.3 Å². The van der Waals surface area contributed by atoms with E-state index in [0.29, 0.717) is 175 Å². The molecule has 0 aliphatic carbocycles. The zero-order chi connectivity index (χ0) is 93.8. The number of carbonyl (C=O) groups is 5.